The molecular weight excluding hydrogens is 552 g/mol. The van der Waals surface area contributed by atoms with E-state index in [0.717, 1.165) is 41.0 Å². The molecule has 1 saturated heterocycles. The molecule has 0 unspecified atom stereocenters. The molecule has 1 amide bonds. The summed E-state index contributed by atoms with van der Waals surface area (Å²) in [5.41, 5.74) is 4.77. The number of amides is 1. The molecule has 1 aliphatic rings. The molecule has 9 nitrogen and oxygen atoms in total. The van der Waals surface area contributed by atoms with Crippen LogP contribution in [-0.4, -0.2) is 64.8 Å². The van der Waals surface area contributed by atoms with E-state index in [-0.39, 0.29) is 12.5 Å². The first-order valence-corrected chi connectivity index (χ1v) is 16.2. The van der Waals surface area contributed by atoms with Gasteiger partial charge in [0.05, 0.1) is 30.7 Å². The van der Waals surface area contributed by atoms with E-state index in [1.807, 2.05) is 68.4 Å². The van der Waals surface area contributed by atoms with Crippen molar-refractivity contribution in [1.82, 2.24) is 10.6 Å². The Labute approximate surface area is 250 Å². The maximum Gasteiger partial charge on any atom is 0.251 e. The lowest BCUT2D eigenvalue weighted by Gasteiger charge is -2.47. The Balaban J connectivity index is 1.52. The fraction of sp³-hybridized carbons (Fsp3) is 0.406. The van der Waals surface area contributed by atoms with E-state index >= 15 is 0 Å². The summed E-state index contributed by atoms with van der Waals surface area (Å²) >= 11 is 0. The van der Waals surface area contributed by atoms with Crippen molar-refractivity contribution in [2.45, 2.75) is 51.8 Å². The Morgan fingerprint density at radius 3 is 2.55 bits per heavy atom. The quantitative estimate of drug-likeness (QED) is 0.159. The van der Waals surface area contributed by atoms with Crippen LogP contribution < -0.4 is 25.0 Å². The molecule has 0 aliphatic carbocycles. The van der Waals surface area contributed by atoms with Crippen LogP contribution in [0.5, 0.6) is 5.75 Å². The Morgan fingerprint density at radius 2 is 1.83 bits per heavy atom. The van der Waals surface area contributed by atoms with Gasteiger partial charge in [0, 0.05) is 37.4 Å². The highest BCUT2D eigenvalue weighted by atomic mass is 32.3. The van der Waals surface area contributed by atoms with Crippen molar-refractivity contribution in [3.8, 4) is 5.75 Å². The first-order valence-electron chi connectivity index (χ1n) is 14.5. The molecule has 1 aliphatic heterocycles. The van der Waals surface area contributed by atoms with Gasteiger partial charge < -0.3 is 25.8 Å². The van der Waals surface area contributed by atoms with Crippen LogP contribution in [0.15, 0.2) is 66.7 Å². The van der Waals surface area contributed by atoms with Gasteiger partial charge >= 0.3 is 0 Å². The summed E-state index contributed by atoms with van der Waals surface area (Å²) in [5.74, 6) is 0.787. The van der Waals surface area contributed by atoms with Crippen LogP contribution in [0.25, 0.3) is 0 Å². The molecule has 0 bridgehead atoms. The highest BCUT2D eigenvalue weighted by molar-refractivity contribution is 8.25. The fourth-order valence-electron chi connectivity index (χ4n) is 5.18. The van der Waals surface area contributed by atoms with Crippen molar-refractivity contribution in [2.75, 3.05) is 42.1 Å². The van der Waals surface area contributed by atoms with E-state index in [4.69, 9.17) is 4.74 Å². The lowest BCUT2D eigenvalue weighted by atomic mass is 10.00. The topological polar surface area (TPSA) is 126 Å². The van der Waals surface area contributed by atoms with Crippen LogP contribution in [0, 0.1) is 6.92 Å². The molecule has 0 aromatic heterocycles. The number of carbonyl (C=O) groups excluding carboxylic acids is 1. The summed E-state index contributed by atoms with van der Waals surface area (Å²) in [7, 11) is -1.30. The van der Waals surface area contributed by atoms with Gasteiger partial charge in [-0.05, 0) is 74.1 Å². The monoisotopic (exact) mass is 596 g/mol. The molecule has 1 heterocycles. The molecule has 0 radical (unpaired) electrons. The third-order valence-electron chi connectivity index (χ3n) is 7.47. The van der Waals surface area contributed by atoms with Gasteiger partial charge in [-0.2, -0.15) is 0 Å². The average Bonchev–Trinajstić information content (AvgIpc) is 2.98. The number of methoxy groups -OCH3 is 1. The predicted molar refractivity (Wildman–Crippen MR) is 172 cm³/mol. The van der Waals surface area contributed by atoms with Crippen molar-refractivity contribution in [3.63, 3.8) is 0 Å². The summed E-state index contributed by atoms with van der Waals surface area (Å²) in [5, 5.41) is 20.9. The smallest absolute Gasteiger partial charge is 0.251 e. The SMILES string of the molecule is CCNc1cc(C(=O)N[C@@H](Cc2ccccc2)[C@H](O)CNCc2ccc(C)c(OC)c2)cc(N2CCCCS2(O)O)c1. The van der Waals surface area contributed by atoms with Crippen LogP contribution >= 0.6 is 10.8 Å². The number of nitrogens with zero attached hydrogens (tertiary/aromatic N) is 1. The van der Waals surface area contributed by atoms with Gasteiger partial charge in [0.1, 0.15) is 5.75 Å². The molecule has 228 valence electrons. The number of nitrogens with one attached hydrogen (secondary N) is 3. The third-order valence-corrected chi connectivity index (χ3v) is 9.40. The number of carbonyl (C=O) groups is 1. The zero-order valence-corrected chi connectivity index (χ0v) is 25.5. The van der Waals surface area contributed by atoms with E-state index in [9.17, 15) is 19.0 Å². The number of ether oxygens (including phenoxy) is 1. The van der Waals surface area contributed by atoms with E-state index in [2.05, 4.69) is 16.0 Å². The van der Waals surface area contributed by atoms with Gasteiger partial charge in [-0.15, -0.1) is 10.8 Å². The van der Waals surface area contributed by atoms with E-state index in [1.54, 1.807) is 23.5 Å². The first-order chi connectivity index (χ1) is 20.2. The van der Waals surface area contributed by atoms with Crippen LogP contribution in [0.1, 0.15) is 46.8 Å². The van der Waals surface area contributed by atoms with Gasteiger partial charge in [-0.3, -0.25) is 18.2 Å². The normalized spacial score (nSPS) is 16.8. The van der Waals surface area contributed by atoms with Crippen LogP contribution in [-0.2, 0) is 13.0 Å². The molecule has 0 saturated carbocycles. The third kappa shape index (κ3) is 8.39. The van der Waals surface area contributed by atoms with Crippen molar-refractivity contribution in [2.24, 2.45) is 0 Å². The molecule has 2 atom stereocenters. The second-order valence-corrected chi connectivity index (χ2v) is 12.8. The van der Waals surface area contributed by atoms with Crippen LogP contribution in [0.3, 0.4) is 0 Å². The van der Waals surface area contributed by atoms with Gasteiger partial charge in [0.25, 0.3) is 5.91 Å². The summed E-state index contributed by atoms with van der Waals surface area (Å²) in [6.07, 6.45) is 1.17. The molecule has 0 spiro atoms. The lowest BCUT2D eigenvalue weighted by molar-refractivity contribution is 0.0830. The number of aliphatic hydroxyl groups is 1. The second kappa shape index (κ2) is 14.8. The Morgan fingerprint density at radius 1 is 1.05 bits per heavy atom. The Hall–Kier alpha value is -3.28. The van der Waals surface area contributed by atoms with Gasteiger partial charge in [0.2, 0.25) is 0 Å². The predicted octanol–water partition coefficient (Wildman–Crippen LogP) is 5.19. The van der Waals surface area contributed by atoms with Gasteiger partial charge in [-0.1, -0.05) is 42.5 Å². The summed E-state index contributed by atoms with van der Waals surface area (Å²) in [4.78, 5) is 13.7. The minimum Gasteiger partial charge on any atom is -0.496 e. The van der Waals surface area contributed by atoms with Gasteiger partial charge in [-0.25, -0.2) is 0 Å². The first kappa shape index (κ1) is 31.7. The standard InChI is InChI=1S/C32H44N4O5S/c1-4-34-27-18-26(19-28(20-27)36-14-8-9-15-42(36,39)40)32(38)35-29(16-24-10-6-5-7-11-24)30(37)22-33-21-25-13-12-23(2)31(17-25)41-3/h5-7,10-13,17-20,29-30,33-34,37,39-40H,4,8-9,14-16,21-22H2,1-3H3,(H,35,38)/t29-,30+/m0/s1. The molecule has 3 aromatic carbocycles. The molecule has 4 rings (SSSR count). The maximum absolute atomic E-state index is 13.7. The van der Waals surface area contributed by atoms with Crippen molar-refractivity contribution < 1.29 is 23.7 Å². The highest BCUT2D eigenvalue weighted by Crippen LogP contribution is 2.50. The van der Waals surface area contributed by atoms with E-state index in [1.165, 1.54) is 0 Å². The molecule has 1 fully saturated rings. The number of rotatable bonds is 13. The van der Waals surface area contributed by atoms with Crippen LogP contribution in [0.2, 0.25) is 0 Å². The zero-order chi connectivity index (χ0) is 30.1. The molecule has 42 heavy (non-hydrogen) atoms. The number of benzene rings is 3. The van der Waals surface area contributed by atoms with Crippen LogP contribution in [0.4, 0.5) is 11.4 Å². The summed E-state index contributed by atoms with van der Waals surface area (Å²) < 4.78 is 28.5. The molecule has 10 heteroatoms. The second-order valence-electron chi connectivity index (χ2n) is 10.7. The fourth-order valence-corrected chi connectivity index (χ4v) is 6.86. The van der Waals surface area contributed by atoms with E-state index in [0.29, 0.717) is 43.1 Å². The maximum atomic E-state index is 13.7. The summed E-state index contributed by atoms with van der Waals surface area (Å²) in [6.45, 7) is 5.92. The van der Waals surface area contributed by atoms with E-state index < -0.39 is 22.9 Å². The highest BCUT2D eigenvalue weighted by Gasteiger charge is 2.28. The lowest BCUT2D eigenvalue weighted by Crippen LogP contribution is -2.48. The Kier molecular flexibility index (Phi) is 11.1. The number of aryl methyl sites for hydroxylation is 1. The van der Waals surface area contributed by atoms with Gasteiger partial charge in [0.15, 0.2) is 0 Å². The molecule has 6 N–H and O–H groups in total. The number of anilines is 2. The average molecular weight is 597 g/mol. The van der Waals surface area contributed by atoms with Crippen molar-refractivity contribution in [1.29, 1.82) is 0 Å². The Bertz CT molecular complexity index is 1320. The minimum atomic E-state index is -2.95. The number of hydrogen-bond acceptors (Lipinski definition) is 8. The summed E-state index contributed by atoms with van der Waals surface area (Å²) in [6, 6.07) is 20.5. The largest absolute Gasteiger partial charge is 0.496 e. The molecule has 3 aromatic rings. The minimum absolute atomic E-state index is 0.269. The molecular formula is C32H44N4O5S. The van der Waals surface area contributed by atoms with Crippen molar-refractivity contribution in [3.05, 3.63) is 89.0 Å². The number of aliphatic hydroxyl groups excluding tert-OH is 1. The zero-order valence-electron chi connectivity index (χ0n) is 24.7. The van der Waals surface area contributed by atoms with Crippen molar-refractivity contribution >= 4 is 28.1 Å². The number of hydrogen-bond donors (Lipinski definition) is 6.